The molecule has 1 aromatic heterocycles. The molecule has 0 atom stereocenters. The molecule has 0 saturated carbocycles. The summed E-state index contributed by atoms with van der Waals surface area (Å²) in [5.41, 5.74) is 7.19. The molecule has 0 aliphatic heterocycles. The lowest BCUT2D eigenvalue weighted by Crippen LogP contribution is -2.09. The molecule has 0 saturated heterocycles. The average molecular weight is 257 g/mol. The highest BCUT2D eigenvalue weighted by molar-refractivity contribution is 5.42. The molecule has 0 aliphatic rings. The van der Waals surface area contributed by atoms with Gasteiger partial charge in [0.15, 0.2) is 0 Å². The molecule has 2 rings (SSSR count). The van der Waals surface area contributed by atoms with E-state index in [2.05, 4.69) is 43.3 Å². The van der Waals surface area contributed by atoms with Crippen LogP contribution in [0.2, 0.25) is 0 Å². The van der Waals surface area contributed by atoms with Gasteiger partial charge in [-0.2, -0.15) is 0 Å². The molecule has 19 heavy (non-hydrogen) atoms. The Kier molecular flexibility index (Phi) is 4.02. The fourth-order valence-corrected chi connectivity index (χ4v) is 1.95. The van der Waals surface area contributed by atoms with Crippen molar-refractivity contribution in [2.45, 2.75) is 27.4 Å². The second-order valence-corrected chi connectivity index (χ2v) is 4.69. The number of aromatic nitrogens is 1. The Morgan fingerprint density at radius 3 is 2.74 bits per heavy atom. The summed E-state index contributed by atoms with van der Waals surface area (Å²) >= 11 is 0. The minimum atomic E-state index is 0.501. The van der Waals surface area contributed by atoms with Crippen molar-refractivity contribution >= 4 is 5.82 Å². The summed E-state index contributed by atoms with van der Waals surface area (Å²) in [4.78, 5) is 4.07. The zero-order valence-corrected chi connectivity index (χ0v) is 11.5. The van der Waals surface area contributed by atoms with Gasteiger partial charge >= 0.3 is 0 Å². The first-order valence-corrected chi connectivity index (χ1v) is 6.22. The monoisotopic (exact) mass is 257 g/mol. The molecular formula is C15H19N3O. The lowest BCUT2D eigenvalue weighted by atomic mass is 10.1. The summed E-state index contributed by atoms with van der Waals surface area (Å²) in [6.45, 7) is 6.74. The smallest absolute Gasteiger partial charge is 0.140 e. The zero-order chi connectivity index (χ0) is 13.8. The average Bonchev–Trinajstić information content (AvgIpc) is 2.41. The fourth-order valence-electron chi connectivity index (χ4n) is 1.95. The molecule has 0 radical (unpaired) electrons. The van der Waals surface area contributed by atoms with Crippen molar-refractivity contribution in [3.05, 3.63) is 52.7 Å². The second kappa shape index (κ2) is 5.71. The maximum absolute atomic E-state index is 5.89. The van der Waals surface area contributed by atoms with E-state index in [0.717, 1.165) is 11.3 Å². The Balaban J connectivity index is 2.14. The van der Waals surface area contributed by atoms with Crippen LogP contribution in [0, 0.1) is 20.8 Å². The number of nitrogen functional groups attached to an aromatic ring is 1. The zero-order valence-electron chi connectivity index (χ0n) is 11.5. The van der Waals surface area contributed by atoms with Gasteiger partial charge in [-0.3, -0.25) is 0 Å². The predicted molar refractivity (Wildman–Crippen MR) is 77.0 cm³/mol. The molecule has 0 bridgehead atoms. The van der Waals surface area contributed by atoms with Crippen LogP contribution in [0.1, 0.15) is 22.3 Å². The van der Waals surface area contributed by atoms with Crippen molar-refractivity contribution in [3.63, 3.8) is 0 Å². The van der Waals surface area contributed by atoms with Crippen LogP contribution in [0.25, 0.3) is 0 Å². The van der Waals surface area contributed by atoms with Crippen LogP contribution in [0.15, 0.2) is 30.5 Å². The summed E-state index contributed by atoms with van der Waals surface area (Å²) < 4.78 is 5.89. The Bertz CT molecular complexity index is 582. The Hall–Kier alpha value is -2.07. The molecule has 0 aliphatic carbocycles. The highest BCUT2D eigenvalue weighted by atomic mass is 16.5. The van der Waals surface area contributed by atoms with Crippen molar-refractivity contribution in [3.8, 4) is 5.75 Å². The molecule has 0 fully saturated rings. The lowest BCUT2D eigenvalue weighted by molar-refractivity contribution is 0.303. The Morgan fingerprint density at radius 2 is 2.00 bits per heavy atom. The van der Waals surface area contributed by atoms with E-state index < -0.39 is 0 Å². The maximum atomic E-state index is 5.89. The number of nitrogens with one attached hydrogen (secondary N) is 1. The number of hydrogen-bond donors (Lipinski definition) is 2. The number of pyridine rings is 1. The minimum Gasteiger partial charge on any atom is -0.489 e. The fraction of sp³-hybridized carbons (Fsp3) is 0.267. The number of nitrogens with zero attached hydrogens (tertiary/aromatic N) is 1. The first kappa shape index (κ1) is 13.4. The summed E-state index contributed by atoms with van der Waals surface area (Å²) in [6, 6.07) is 8.01. The highest BCUT2D eigenvalue weighted by Gasteiger charge is 2.05. The van der Waals surface area contributed by atoms with Gasteiger partial charge in [0.1, 0.15) is 18.2 Å². The quantitative estimate of drug-likeness (QED) is 0.653. The largest absolute Gasteiger partial charge is 0.489 e. The van der Waals surface area contributed by atoms with Crippen LogP contribution in [-0.2, 0) is 6.61 Å². The van der Waals surface area contributed by atoms with Crippen molar-refractivity contribution in [1.29, 1.82) is 0 Å². The SMILES string of the molecule is Cc1cc(C)c(C)c(OCc2ccnc(NN)c2)c1. The molecule has 4 nitrogen and oxygen atoms in total. The van der Waals surface area contributed by atoms with Gasteiger partial charge in [0.25, 0.3) is 0 Å². The third-order valence-corrected chi connectivity index (χ3v) is 3.13. The van der Waals surface area contributed by atoms with E-state index in [1.54, 1.807) is 6.20 Å². The molecule has 0 unspecified atom stereocenters. The number of rotatable bonds is 4. The maximum Gasteiger partial charge on any atom is 0.140 e. The summed E-state index contributed by atoms with van der Waals surface area (Å²) in [5, 5.41) is 0. The van der Waals surface area contributed by atoms with Crippen LogP contribution in [0.4, 0.5) is 5.82 Å². The van der Waals surface area contributed by atoms with Gasteiger partial charge in [0.2, 0.25) is 0 Å². The molecule has 3 N–H and O–H groups in total. The standard InChI is InChI=1S/C15H19N3O/c1-10-6-11(2)12(3)14(7-10)19-9-13-4-5-17-15(8-13)18-16/h4-8H,9,16H2,1-3H3,(H,17,18). The van der Waals surface area contributed by atoms with Crippen LogP contribution >= 0.6 is 0 Å². The van der Waals surface area contributed by atoms with Gasteiger partial charge in [-0.1, -0.05) is 6.07 Å². The Labute approximate surface area is 113 Å². The van der Waals surface area contributed by atoms with Crippen molar-refractivity contribution in [1.82, 2.24) is 4.98 Å². The van der Waals surface area contributed by atoms with Gasteiger partial charge in [-0.25, -0.2) is 10.8 Å². The van der Waals surface area contributed by atoms with Crippen molar-refractivity contribution in [2.75, 3.05) is 5.43 Å². The van der Waals surface area contributed by atoms with Gasteiger partial charge < -0.3 is 10.2 Å². The molecule has 1 aromatic carbocycles. The molecule has 2 aromatic rings. The molecule has 100 valence electrons. The van der Waals surface area contributed by atoms with Gasteiger partial charge in [0.05, 0.1) is 0 Å². The summed E-state index contributed by atoms with van der Waals surface area (Å²) in [7, 11) is 0. The van der Waals surface area contributed by atoms with Gasteiger partial charge in [-0.15, -0.1) is 0 Å². The summed E-state index contributed by atoms with van der Waals surface area (Å²) in [5.74, 6) is 6.90. The van der Waals surface area contributed by atoms with Crippen LogP contribution in [0.3, 0.4) is 0 Å². The first-order valence-electron chi connectivity index (χ1n) is 6.22. The second-order valence-electron chi connectivity index (χ2n) is 4.69. The molecular weight excluding hydrogens is 238 g/mol. The van der Waals surface area contributed by atoms with Crippen LogP contribution in [-0.4, -0.2) is 4.98 Å². The van der Waals surface area contributed by atoms with E-state index in [1.165, 1.54) is 16.7 Å². The van der Waals surface area contributed by atoms with E-state index in [0.29, 0.717) is 12.4 Å². The van der Waals surface area contributed by atoms with E-state index in [1.807, 2.05) is 12.1 Å². The lowest BCUT2D eigenvalue weighted by Gasteiger charge is -2.12. The van der Waals surface area contributed by atoms with Gasteiger partial charge in [-0.05, 0) is 61.2 Å². The van der Waals surface area contributed by atoms with Crippen molar-refractivity contribution < 1.29 is 4.74 Å². The number of nitrogens with two attached hydrogens (primary N) is 1. The number of anilines is 1. The molecule has 0 spiro atoms. The third kappa shape index (κ3) is 3.23. The van der Waals surface area contributed by atoms with E-state index >= 15 is 0 Å². The third-order valence-electron chi connectivity index (χ3n) is 3.13. The predicted octanol–water partition coefficient (Wildman–Crippen LogP) is 2.87. The molecule has 1 heterocycles. The normalized spacial score (nSPS) is 10.3. The molecule has 4 heteroatoms. The topological polar surface area (TPSA) is 60.2 Å². The number of aryl methyl sites for hydroxylation is 2. The van der Waals surface area contributed by atoms with E-state index in [4.69, 9.17) is 10.6 Å². The number of hydrazine groups is 1. The first-order chi connectivity index (χ1) is 9.10. The number of hydrogen-bond acceptors (Lipinski definition) is 4. The Morgan fingerprint density at radius 1 is 1.21 bits per heavy atom. The van der Waals surface area contributed by atoms with Gasteiger partial charge in [0, 0.05) is 6.20 Å². The van der Waals surface area contributed by atoms with Crippen LogP contribution < -0.4 is 16.0 Å². The summed E-state index contributed by atoms with van der Waals surface area (Å²) in [6.07, 6.45) is 1.71. The van der Waals surface area contributed by atoms with E-state index in [-0.39, 0.29) is 0 Å². The highest BCUT2D eigenvalue weighted by Crippen LogP contribution is 2.24. The van der Waals surface area contributed by atoms with Crippen LogP contribution in [0.5, 0.6) is 5.75 Å². The number of ether oxygens (including phenoxy) is 1. The minimum absolute atomic E-state index is 0.501. The number of benzene rings is 1. The van der Waals surface area contributed by atoms with E-state index in [9.17, 15) is 0 Å². The molecule has 0 amide bonds. The van der Waals surface area contributed by atoms with Crippen molar-refractivity contribution in [2.24, 2.45) is 5.84 Å².